The van der Waals surface area contributed by atoms with Crippen molar-refractivity contribution in [3.8, 4) is 11.5 Å². The third kappa shape index (κ3) is 2.11. The molecule has 1 aromatic rings. The molecule has 0 radical (unpaired) electrons. The highest BCUT2D eigenvalue weighted by Crippen LogP contribution is 2.55. The number of piperidine rings is 1. The molecule has 2 aliphatic rings. The number of phenolic OH excluding ortho intramolecular Hbond substituents is 1. The van der Waals surface area contributed by atoms with E-state index in [0.29, 0.717) is 17.7 Å². The minimum Gasteiger partial charge on any atom is -0.504 e. The number of carbonyl (C=O) groups excluding carboxylic acids is 1. The fourth-order valence-corrected chi connectivity index (χ4v) is 4.46. The van der Waals surface area contributed by atoms with Crippen LogP contribution in [0.1, 0.15) is 30.9 Å². The Kier molecular flexibility index (Phi) is 3.97. The quantitative estimate of drug-likeness (QED) is 0.867. The predicted molar refractivity (Wildman–Crippen MR) is 91.5 cm³/mol. The van der Waals surface area contributed by atoms with E-state index < -0.39 is 11.0 Å². The molecule has 3 atom stereocenters. The highest BCUT2D eigenvalue weighted by molar-refractivity contribution is 5.93. The van der Waals surface area contributed by atoms with E-state index in [1.165, 1.54) is 13.2 Å². The number of likely N-dealkylation sites (N-methyl/N-ethyl adjacent to an activating group) is 1. The van der Waals surface area contributed by atoms with Crippen molar-refractivity contribution in [2.45, 2.75) is 43.7 Å². The number of methoxy groups -OCH3 is 1. The zero-order chi connectivity index (χ0) is 17.7. The summed E-state index contributed by atoms with van der Waals surface area (Å²) in [6.07, 6.45) is 3.86. The van der Waals surface area contributed by atoms with Crippen LogP contribution in [0.4, 0.5) is 0 Å². The minimum atomic E-state index is -1.23. The van der Waals surface area contributed by atoms with Gasteiger partial charge in [0.15, 0.2) is 17.3 Å². The molecular formula is C19H25NO4. The van der Waals surface area contributed by atoms with Crippen molar-refractivity contribution in [1.29, 1.82) is 0 Å². The Morgan fingerprint density at radius 2 is 2.08 bits per heavy atom. The number of ketones is 1. The maximum Gasteiger partial charge on any atom is 0.161 e. The summed E-state index contributed by atoms with van der Waals surface area (Å²) < 4.78 is 5.27. The first-order valence-corrected chi connectivity index (χ1v) is 8.28. The highest BCUT2D eigenvalue weighted by atomic mass is 16.5. The lowest BCUT2D eigenvalue weighted by Crippen LogP contribution is -2.67. The summed E-state index contributed by atoms with van der Waals surface area (Å²) in [6, 6.07) is 3.40. The van der Waals surface area contributed by atoms with Crippen molar-refractivity contribution in [2.75, 3.05) is 20.7 Å². The van der Waals surface area contributed by atoms with Gasteiger partial charge in [-0.1, -0.05) is 6.07 Å². The number of rotatable bonds is 2. The fourth-order valence-electron chi connectivity index (χ4n) is 4.46. The number of nitrogens with zero attached hydrogens (tertiary/aromatic N) is 1. The monoisotopic (exact) mass is 331 g/mol. The number of phenols is 1. The minimum absolute atomic E-state index is 0.0239. The van der Waals surface area contributed by atoms with Gasteiger partial charge < -0.3 is 19.8 Å². The zero-order valence-corrected chi connectivity index (χ0v) is 14.7. The maximum atomic E-state index is 12.3. The molecule has 1 saturated heterocycles. The fraction of sp³-hybridized carbons (Fsp3) is 0.526. The SMILES string of the molecule is COc1ccc(C)c([C@]23CCN(C)[C@H](C)C2(O)C=CC(=O)C3)c1O. The second-order valence-corrected chi connectivity index (χ2v) is 7.10. The van der Waals surface area contributed by atoms with Crippen molar-refractivity contribution in [2.24, 2.45) is 0 Å². The number of benzene rings is 1. The predicted octanol–water partition coefficient (Wildman–Crippen LogP) is 1.93. The number of fused-ring (bicyclic) bond motifs is 1. The van der Waals surface area contributed by atoms with E-state index in [-0.39, 0.29) is 24.0 Å². The van der Waals surface area contributed by atoms with Crippen molar-refractivity contribution in [3.63, 3.8) is 0 Å². The average molecular weight is 331 g/mol. The Bertz CT molecular complexity index is 714. The van der Waals surface area contributed by atoms with Crippen LogP contribution in [0.3, 0.4) is 0 Å². The molecule has 0 amide bonds. The van der Waals surface area contributed by atoms with E-state index in [4.69, 9.17) is 4.74 Å². The Labute approximate surface area is 142 Å². The van der Waals surface area contributed by atoms with Crippen molar-refractivity contribution in [3.05, 3.63) is 35.4 Å². The van der Waals surface area contributed by atoms with Crippen LogP contribution in [-0.4, -0.2) is 53.2 Å². The van der Waals surface area contributed by atoms with Gasteiger partial charge in [0.1, 0.15) is 5.60 Å². The Morgan fingerprint density at radius 1 is 1.38 bits per heavy atom. The number of ether oxygens (including phenoxy) is 1. The van der Waals surface area contributed by atoms with Crippen LogP contribution in [0.2, 0.25) is 0 Å². The number of allylic oxidation sites excluding steroid dienone is 1. The maximum absolute atomic E-state index is 12.3. The molecule has 1 aliphatic carbocycles. The number of aliphatic hydroxyl groups is 1. The van der Waals surface area contributed by atoms with Crippen molar-refractivity contribution < 1.29 is 19.7 Å². The van der Waals surface area contributed by atoms with Gasteiger partial charge in [0.25, 0.3) is 0 Å². The van der Waals surface area contributed by atoms with Crippen molar-refractivity contribution >= 4 is 5.78 Å². The molecule has 1 fully saturated rings. The Hall–Kier alpha value is -1.85. The number of carbonyl (C=O) groups is 1. The molecule has 1 aromatic carbocycles. The lowest BCUT2D eigenvalue weighted by atomic mass is 9.55. The molecule has 5 nitrogen and oxygen atoms in total. The van der Waals surface area contributed by atoms with Gasteiger partial charge in [-0.15, -0.1) is 0 Å². The molecule has 0 spiro atoms. The van der Waals surface area contributed by atoms with E-state index in [0.717, 1.165) is 12.1 Å². The molecule has 3 rings (SSSR count). The molecule has 0 saturated carbocycles. The number of hydrogen-bond acceptors (Lipinski definition) is 5. The van der Waals surface area contributed by atoms with E-state index in [1.54, 1.807) is 12.1 Å². The molecular weight excluding hydrogens is 306 g/mol. The topological polar surface area (TPSA) is 70.0 Å². The summed E-state index contributed by atoms with van der Waals surface area (Å²) in [5.41, 5.74) is -0.607. The third-order valence-corrected chi connectivity index (χ3v) is 6.00. The van der Waals surface area contributed by atoms with Crippen LogP contribution in [0.25, 0.3) is 0 Å². The second-order valence-electron chi connectivity index (χ2n) is 7.10. The number of aryl methyl sites for hydroxylation is 1. The molecule has 24 heavy (non-hydrogen) atoms. The first-order valence-electron chi connectivity index (χ1n) is 8.28. The van der Waals surface area contributed by atoms with E-state index in [2.05, 4.69) is 4.90 Å². The molecule has 2 N–H and O–H groups in total. The van der Waals surface area contributed by atoms with Gasteiger partial charge in [0.2, 0.25) is 0 Å². The first kappa shape index (κ1) is 17.0. The van der Waals surface area contributed by atoms with E-state index >= 15 is 0 Å². The van der Waals surface area contributed by atoms with Gasteiger partial charge in [-0.05, 0) is 57.6 Å². The van der Waals surface area contributed by atoms with Gasteiger partial charge in [-0.25, -0.2) is 0 Å². The van der Waals surface area contributed by atoms with Gasteiger partial charge in [0.05, 0.1) is 7.11 Å². The highest BCUT2D eigenvalue weighted by Gasteiger charge is 2.60. The summed E-state index contributed by atoms with van der Waals surface area (Å²) in [5, 5.41) is 22.5. The van der Waals surface area contributed by atoms with Gasteiger partial charge in [-0.3, -0.25) is 4.79 Å². The van der Waals surface area contributed by atoms with Gasteiger partial charge in [-0.2, -0.15) is 0 Å². The largest absolute Gasteiger partial charge is 0.504 e. The molecule has 0 bridgehead atoms. The van der Waals surface area contributed by atoms with E-state index in [1.807, 2.05) is 27.0 Å². The molecule has 0 aromatic heterocycles. The van der Waals surface area contributed by atoms with Crippen molar-refractivity contribution in [1.82, 2.24) is 4.90 Å². The standard InChI is InChI=1S/C19H25NO4/c1-12-5-6-15(24-4)17(22)16(12)18-9-10-20(3)13(2)19(18,23)8-7-14(21)11-18/h5-8,13,22-23H,9-11H2,1-4H3/t13-,18-,19?/m1/s1. The first-order chi connectivity index (χ1) is 11.3. The van der Waals surface area contributed by atoms with Crippen LogP contribution in [0.15, 0.2) is 24.3 Å². The van der Waals surface area contributed by atoms with Gasteiger partial charge in [0, 0.05) is 23.4 Å². The van der Waals surface area contributed by atoms with E-state index in [9.17, 15) is 15.0 Å². The average Bonchev–Trinajstić information content (AvgIpc) is 2.54. The molecule has 1 heterocycles. The smallest absolute Gasteiger partial charge is 0.161 e. The lowest BCUT2D eigenvalue weighted by molar-refractivity contribution is -0.130. The Morgan fingerprint density at radius 3 is 2.75 bits per heavy atom. The second kappa shape index (κ2) is 5.60. The summed E-state index contributed by atoms with van der Waals surface area (Å²) in [5.74, 6) is 0.356. The summed E-state index contributed by atoms with van der Waals surface area (Å²) >= 11 is 0. The molecule has 5 heteroatoms. The van der Waals surface area contributed by atoms with Gasteiger partial charge >= 0.3 is 0 Å². The number of aromatic hydroxyl groups is 1. The molecule has 1 unspecified atom stereocenters. The summed E-state index contributed by atoms with van der Waals surface area (Å²) in [6.45, 7) is 4.59. The summed E-state index contributed by atoms with van der Waals surface area (Å²) in [4.78, 5) is 14.4. The van der Waals surface area contributed by atoms with Crippen LogP contribution in [0.5, 0.6) is 11.5 Å². The third-order valence-electron chi connectivity index (χ3n) is 6.00. The molecule has 130 valence electrons. The Balaban J connectivity index is 2.31. The lowest BCUT2D eigenvalue weighted by Gasteiger charge is -2.57. The summed E-state index contributed by atoms with van der Waals surface area (Å²) in [7, 11) is 3.47. The number of likely N-dealkylation sites (tertiary alicyclic amines) is 1. The molecule has 1 aliphatic heterocycles. The normalized spacial score (nSPS) is 33.4. The van der Waals surface area contributed by atoms with Crippen LogP contribution < -0.4 is 4.74 Å². The van der Waals surface area contributed by atoms with Crippen LogP contribution in [-0.2, 0) is 10.2 Å². The number of hydrogen-bond donors (Lipinski definition) is 2. The zero-order valence-electron chi connectivity index (χ0n) is 14.7. The van der Waals surface area contributed by atoms with Crippen LogP contribution >= 0.6 is 0 Å². The van der Waals surface area contributed by atoms with Crippen LogP contribution in [0, 0.1) is 6.92 Å².